The van der Waals surface area contributed by atoms with Crippen molar-refractivity contribution >= 4 is 15.9 Å². The van der Waals surface area contributed by atoms with Gasteiger partial charge in [0.1, 0.15) is 11.6 Å². The zero-order chi connectivity index (χ0) is 8.43. The zero-order valence-electron chi connectivity index (χ0n) is 6.53. The van der Waals surface area contributed by atoms with E-state index in [-0.39, 0.29) is 10.7 Å². The first-order chi connectivity index (χ1) is 5.16. The highest BCUT2D eigenvalue weighted by molar-refractivity contribution is 9.09. The average Bonchev–Trinajstić information content (AvgIpc) is 1.99. The minimum absolute atomic E-state index is 0.131. The predicted molar refractivity (Wildman–Crippen MR) is 46.2 cm³/mol. The highest BCUT2D eigenvalue weighted by Gasteiger charge is 2.20. The second-order valence-corrected chi connectivity index (χ2v) is 3.55. The summed E-state index contributed by atoms with van der Waals surface area (Å²) in [6.45, 7) is 1.72. The number of hydrogen-bond donors (Lipinski definition) is 0. The van der Waals surface area contributed by atoms with E-state index in [1.54, 1.807) is 20.1 Å². The van der Waals surface area contributed by atoms with Gasteiger partial charge in [-0.1, -0.05) is 15.9 Å². The monoisotopic (exact) mass is 220 g/mol. The van der Waals surface area contributed by atoms with Gasteiger partial charge in [-0.2, -0.15) is 0 Å². The number of halogens is 2. The van der Waals surface area contributed by atoms with Gasteiger partial charge in [0.05, 0.1) is 11.9 Å². The Kier molecular flexibility index (Phi) is 2.71. The third-order valence-corrected chi connectivity index (χ3v) is 2.53. The van der Waals surface area contributed by atoms with Crippen LogP contribution in [0.2, 0.25) is 0 Å². The number of hydrogen-bond acceptors (Lipinski definition) is 1. The lowest BCUT2D eigenvalue weighted by Crippen LogP contribution is -2.10. The van der Waals surface area contributed by atoms with Crippen LogP contribution in [0.5, 0.6) is 0 Å². The maximum atomic E-state index is 12.9. The van der Waals surface area contributed by atoms with Crippen molar-refractivity contribution < 1.29 is 9.13 Å². The van der Waals surface area contributed by atoms with E-state index in [1.165, 1.54) is 0 Å². The minimum atomic E-state index is -0.169. The summed E-state index contributed by atoms with van der Waals surface area (Å²) >= 11 is 3.39. The van der Waals surface area contributed by atoms with Crippen LogP contribution in [0, 0.1) is 0 Å². The van der Waals surface area contributed by atoms with Crippen molar-refractivity contribution in [3.8, 4) is 0 Å². The van der Waals surface area contributed by atoms with E-state index in [0.29, 0.717) is 17.8 Å². The largest absolute Gasteiger partial charge is 0.500 e. The summed E-state index contributed by atoms with van der Waals surface area (Å²) in [5, 5.41) is 0. The summed E-state index contributed by atoms with van der Waals surface area (Å²) < 4.78 is 17.9. The van der Waals surface area contributed by atoms with Gasteiger partial charge in [0, 0.05) is 5.57 Å². The predicted octanol–water partition coefficient (Wildman–Crippen LogP) is 2.93. The minimum Gasteiger partial charge on any atom is -0.500 e. The van der Waals surface area contributed by atoms with Gasteiger partial charge in [-0.25, -0.2) is 4.39 Å². The second kappa shape index (κ2) is 3.39. The van der Waals surface area contributed by atoms with Crippen LogP contribution in [0.15, 0.2) is 23.2 Å². The Morgan fingerprint density at radius 2 is 2.36 bits per heavy atom. The topological polar surface area (TPSA) is 9.23 Å². The standard InChI is InChI=1S/C8H10BrFO/c1-5-7(10)4-3-6(9)8(5)11-2/h4,6H,3H2,1-2H3. The SMILES string of the molecule is COC1=C(C)C(F)=CCC1Br. The molecular formula is C8H10BrFO. The molecule has 0 radical (unpaired) electrons. The van der Waals surface area contributed by atoms with Crippen LogP contribution >= 0.6 is 15.9 Å². The highest BCUT2D eigenvalue weighted by Crippen LogP contribution is 2.30. The van der Waals surface area contributed by atoms with Crippen molar-refractivity contribution in [2.24, 2.45) is 0 Å². The molecule has 3 heteroatoms. The molecule has 0 fully saturated rings. The summed E-state index contributed by atoms with van der Waals surface area (Å²) in [5.74, 6) is 0.530. The van der Waals surface area contributed by atoms with Gasteiger partial charge < -0.3 is 4.74 Å². The van der Waals surface area contributed by atoms with Crippen LogP contribution in [0.3, 0.4) is 0 Å². The number of allylic oxidation sites excluding steroid dienone is 4. The molecule has 0 aromatic carbocycles. The van der Waals surface area contributed by atoms with E-state index < -0.39 is 0 Å². The fourth-order valence-corrected chi connectivity index (χ4v) is 1.82. The Labute approximate surface area is 74.1 Å². The van der Waals surface area contributed by atoms with Crippen molar-refractivity contribution in [2.75, 3.05) is 7.11 Å². The molecule has 0 saturated carbocycles. The van der Waals surface area contributed by atoms with Crippen LogP contribution in [-0.2, 0) is 4.74 Å². The first-order valence-electron chi connectivity index (χ1n) is 3.41. The first-order valence-corrected chi connectivity index (χ1v) is 4.33. The molecule has 62 valence electrons. The van der Waals surface area contributed by atoms with Crippen LogP contribution in [0.4, 0.5) is 4.39 Å². The van der Waals surface area contributed by atoms with Crippen LogP contribution < -0.4 is 0 Å². The number of ether oxygens (including phenoxy) is 1. The molecule has 0 heterocycles. The van der Waals surface area contributed by atoms with Gasteiger partial charge in [0.2, 0.25) is 0 Å². The molecule has 0 aliphatic heterocycles. The molecule has 0 N–H and O–H groups in total. The van der Waals surface area contributed by atoms with E-state index in [2.05, 4.69) is 15.9 Å². The fraction of sp³-hybridized carbons (Fsp3) is 0.500. The molecule has 1 aliphatic carbocycles. The van der Waals surface area contributed by atoms with Gasteiger partial charge >= 0.3 is 0 Å². The van der Waals surface area contributed by atoms with Crippen molar-refractivity contribution in [1.82, 2.24) is 0 Å². The van der Waals surface area contributed by atoms with Crippen LogP contribution in [0.1, 0.15) is 13.3 Å². The molecule has 0 aromatic heterocycles. The van der Waals surface area contributed by atoms with E-state index in [1.807, 2.05) is 0 Å². The fourth-order valence-electron chi connectivity index (χ4n) is 1.10. The Morgan fingerprint density at radius 3 is 2.82 bits per heavy atom. The summed E-state index contributed by atoms with van der Waals surface area (Å²) in [4.78, 5) is 0.131. The van der Waals surface area contributed by atoms with Gasteiger partial charge in [-0.3, -0.25) is 0 Å². The first kappa shape index (κ1) is 8.78. The molecule has 11 heavy (non-hydrogen) atoms. The second-order valence-electron chi connectivity index (χ2n) is 2.45. The summed E-state index contributed by atoms with van der Waals surface area (Å²) in [7, 11) is 1.56. The molecule has 0 amide bonds. The van der Waals surface area contributed by atoms with E-state index in [9.17, 15) is 4.39 Å². The average molecular weight is 221 g/mol. The number of alkyl halides is 1. The van der Waals surface area contributed by atoms with E-state index >= 15 is 0 Å². The Hall–Kier alpha value is -0.310. The van der Waals surface area contributed by atoms with E-state index in [4.69, 9.17) is 4.74 Å². The van der Waals surface area contributed by atoms with Gasteiger partial charge in [-0.15, -0.1) is 0 Å². The molecule has 0 bridgehead atoms. The van der Waals surface area contributed by atoms with Gasteiger partial charge in [0.15, 0.2) is 0 Å². The number of methoxy groups -OCH3 is 1. The quantitative estimate of drug-likeness (QED) is 0.618. The maximum Gasteiger partial charge on any atom is 0.125 e. The van der Waals surface area contributed by atoms with Crippen molar-refractivity contribution in [3.05, 3.63) is 23.2 Å². The molecule has 1 nitrogen and oxygen atoms in total. The molecule has 1 unspecified atom stereocenters. The van der Waals surface area contributed by atoms with Crippen LogP contribution in [0.25, 0.3) is 0 Å². The lowest BCUT2D eigenvalue weighted by molar-refractivity contribution is 0.273. The van der Waals surface area contributed by atoms with Crippen molar-refractivity contribution in [3.63, 3.8) is 0 Å². The maximum absolute atomic E-state index is 12.9. The lowest BCUT2D eigenvalue weighted by Gasteiger charge is -2.18. The Bertz CT molecular complexity index is 220. The molecular weight excluding hydrogens is 211 g/mol. The lowest BCUT2D eigenvalue weighted by atomic mass is 10.1. The normalized spacial score (nSPS) is 25.1. The molecule has 0 spiro atoms. The number of rotatable bonds is 1. The van der Waals surface area contributed by atoms with Crippen LogP contribution in [-0.4, -0.2) is 11.9 Å². The van der Waals surface area contributed by atoms with Gasteiger partial charge in [-0.05, 0) is 19.4 Å². The van der Waals surface area contributed by atoms with Crippen molar-refractivity contribution in [2.45, 2.75) is 18.2 Å². The summed E-state index contributed by atoms with van der Waals surface area (Å²) in [5.41, 5.74) is 0.598. The van der Waals surface area contributed by atoms with E-state index in [0.717, 1.165) is 0 Å². The molecule has 1 aliphatic rings. The molecule has 1 rings (SSSR count). The third-order valence-electron chi connectivity index (χ3n) is 1.74. The molecule has 0 aromatic rings. The Morgan fingerprint density at radius 1 is 1.73 bits per heavy atom. The summed E-state index contributed by atoms with van der Waals surface area (Å²) in [6.07, 6.45) is 2.23. The van der Waals surface area contributed by atoms with Crippen molar-refractivity contribution in [1.29, 1.82) is 0 Å². The molecule has 1 atom stereocenters. The third kappa shape index (κ3) is 1.64. The smallest absolute Gasteiger partial charge is 0.125 e. The zero-order valence-corrected chi connectivity index (χ0v) is 8.11. The Balaban J connectivity index is 2.95. The highest BCUT2D eigenvalue weighted by atomic mass is 79.9. The van der Waals surface area contributed by atoms with Gasteiger partial charge in [0.25, 0.3) is 0 Å². The molecule has 0 saturated heterocycles. The summed E-state index contributed by atoms with van der Waals surface area (Å²) in [6, 6.07) is 0.